The summed E-state index contributed by atoms with van der Waals surface area (Å²) < 4.78 is 26.8. The van der Waals surface area contributed by atoms with Crippen molar-refractivity contribution >= 4 is 15.9 Å². The van der Waals surface area contributed by atoms with Gasteiger partial charge in [0.05, 0.1) is 11.4 Å². The molecule has 0 aromatic heterocycles. The van der Waals surface area contributed by atoms with E-state index in [1.807, 2.05) is 44.2 Å². The van der Waals surface area contributed by atoms with Crippen molar-refractivity contribution in [3.05, 3.63) is 65.7 Å². The van der Waals surface area contributed by atoms with Crippen LogP contribution in [-0.4, -0.2) is 32.3 Å². The van der Waals surface area contributed by atoms with Crippen molar-refractivity contribution in [2.24, 2.45) is 0 Å². The highest BCUT2D eigenvalue weighted by Crippen LogP contribution is 2.10. The maximum atomic E-state index is 12.3. The molecule has 5 nitrogen and oxygen atoms in total. The summed E-state index contributed by atoms with van der Waals surface area (Å²) >= 11 is 0. The lowest BCUT2D eigenvalue weighted by Gasteiger charge is -2.21. The highest BCUT2D eigenvalue weighted by atomic mass is 32.2. The molecule has 2 rings (SSSR count). The summed E-state index contributed by atoms with van der Waals surface area (Å²) in [4.78, 5) is 14.1. The second kappa shape index (κ2) is 8.08. The van der Waals surface area contributed by atoms with E-state index in [4.69, 9.17) is 0 Å². The van der Waals surface area contributed by atoms with E-state index >= 15 is 0 Å². The van der Waals surface area contributed by atoms with Crippen LogP contribution in [0.2, 0.25) is 0 Å². The number of hydrogen-bond donors (Lipinski definition) is 1. The Labute approximate surface area is 143 Å². The summed E-state index contributed by atoms with van der Waals surface area (Å²) in [6, 6.07) is 16.1. The number of amides is 1. The van der Waals surface area contributed by atoms with E-state index in [0.717, 1.165) is 11.1 Å². The zero-order valence-corrected chi connectivity index (χ0v) is 14.7. The minimum atomic E-state index is -3.68. The summed E-state index contributed by atoms with van der Waals surface area (Å²) in [5, 5.41) is 0. The Hall–Kier alpha value is -2.18. The predicted molar refractivity (Wildman–Crippen MR) is 93.9 cm³/mol. The van der Waals surface area contributed by atoms with Crippen molar-refractivity contribution in [2.45, 2.75) is 25.3 Å². The Bertz CT molecular complexity index is 772. The molecule has 2 aromatic rings. The van der Waals surface area contributed by atoms with Crippen molar-refractivity contribution in [2.75, 3.05) is 13.1 Å². The number of benzene rings is 2. The van der Waals surface area contributed by atoms with Crippen molar-refractivity contribution in [3.8, 4) is 0 Å². The van der Waals surface area contributed by atoms with Gasteiger partial charge in [-0.2, -0.15) is 0 Å². The quantitative estimate of drug-likeness (QED) is 0.837. The summed E-state index contributed by atoms with van der Waals surface area (Å²) in [6.45, 7) is 4.48. The molecule has 128 valence electrons. The Morgan fingerprint density at radius 2 is 1.67 bits per heavy atom. The fourth-order valence-electron chi connectivity index (χ4n) is 2.25. The normalized spacial score (nSPS) is 11.2. The number of nitrogens with one attached hydrogen (secondary N) is 1. The van der Waals surface area contributed by atoms with Gasteiger partial charge in [0, 0.05) is 13.1 Å². The average Bonchev–Trinajstić information content (AvgIpc) is 2.59. The first-order valence-electron chi connectivity index (χ1n) is 7.80. The second-order valence-electron chi connectivity index (χ2n) is 5.53. The minimum absolute atomic E-state index is 0.159. The van der Waals surface area contributed by atoms with Crippen LogP contribution in [0.4, 0.5) is 0 Å². The van der Waals surface area contributed by atoms with Crippen LogP contribution < -0.4 is 4.72 Å². The molecule has 1 N–H and O–H groups in total. The van der Waals surface area contributed by atoms with Crippen molar-refractivity contribution in [1.82, 2.24) is 9.62 Å². The molecule has 0 spiro atoms. The van der Waals surface area contributed by atoms with Gasteiger partial charge in [-0.25, -0.2) is 13.1 Å². The topological polar surface area (TPSA) is 66.5 Å². The molecule has 0 saturated carbocycles. The number of likely N-dealkylation sites (N-methyl/N-ethyl adjacent to an activating group) is 1. The number of nitrogens with zero attached hydrogens (tertiary/aromatic N) is 1. The molecule has 6 heteroatoms. The van der Waals surface area contributed by atoms with Gasteiger partial charge in [-0.1, -0.05) is 48.0 Å². The van der Waals surface area contributed by atoms with Gasteiger partial charge in [0.25, 0.3) is 0 Å². The first-order chi connectivity index (χ1) is 11.4. The highest BCUT2D eigenvalue weighted by molar-refractivity contribution is 7.89. The third-order valence-electron chi connectivity index (χ3n) is 3.70. The summed E-state index contributed by atoms with van der Waals surface area (Å²) in [5.74, 6) is -0.253. The molecule has 0 atom stereocenters. The minimum Gasteiger partial charge on any atom is -0.338 e. The molecule has 0 radical (unpaired) electrons. The summed E-state index contributed by atoms with van der Waals surface area (Å²) in [5.41, 5.74) is 1.99. The number of rotatable bonds is 7. The van der Waals surface area contributed by atoms with Gasteiger partial charge < -0.3 is 4.90 Å². The molecule has 0 aliphatic rings. The lowest BCUT2D eigenvalue weighted by atomic mass is 10.2. The molecule has 24 heavy (non-hydrogen) atoms. The number of carbonyl (C=O) groups excluding carboxylic acids is 1. The van der Waals surface area contributed by atoms with E-state index in [-0.39, 0.29) is 17.3 Å². The van der Waals surface area contributed by atoms with Crippen LogP contribution in [0.5, 0.6) is 0 Å². The molecule has 0 saturated heterocycles. The first kappa shape index (κ1) is 18.2. The first-order valence-corrected chi connectivity index (χ1v) is 9.28. The van der Waals surface area contributed by atoms with Crippen LogP contribution in [0, 0.1) is 6.92 Å². The number of hydrogen-bond acceptors (Lipinski definition) is 3. The number of sulfonamides is 1. The van der Waals surface area contributed by atoms with E-state index in [9.17, 15) is 13.2 Å². The molecule has 0 aliphatic heterocycles. The molecule has 0 aliphatic carbocycles. The van der Waals surface area contributed by atoms with Crippen molar-refractivity contribution < 1.29 is 13.2 Å². The van der Waals surface area contributed by atoms with Crippen molar-refractivity contribution in [1.29, 1.82) is 0 Å². The summed E-state index contributed by atoms with van der Waals surface area (Å²) in [6.07, 6.45) is 0. The van der Waals surface area contributed by atoms with Gasteiger partial charge in [-0.05, 0) is 31.5 Å². The third-order valence-corrected chi connectivity index (χ3v) is 5.11. The van der Waals surface area contributed by atoms with Crippen LogP contribution in [0.3, 0.4) is 0 Å². The Morgan fingerprint density at radius 3 is 2.25 bits per heavy atom. The van der Waals surface area contributed by atoms with E-state index in [0.29, 0.717) is 13.1 Å². The molecular weight excluding hydrogens is 324 g/mol. The SMILES string of the molecule is CCN(Cc1ccccc1)C(=O)CNS(=O)(=O)c1ccc(C)cc1. The van der Waals surface area contributed by atoms with Crippen LogP contribution in [0.15, 0.2) is 59.5 Å². The zero-order chi connectivity index (χ0) is 17.6. The van der Waals surface area contributed by atoms with Gasteiger partial charge in [-0.15, -0.1) is 0 Å². The third kappa shape index (κ3) is 4.91. The van der Waals surface area contributed by atoms with Crippen molar-refractivity contribution in [3.63, 3.8) is 0 Å². The molecule has 0 bridgehead atoms. The fourth-order valence-corrected chi connectivity index (χ4v) is 3.22. The zero-order valence-electron chi connectivity index (χ0n) is 13.9. The molecular formula is C18H22N2O3S. The standard InChI is InChI=1S/C18H22N2O3S/c1-3-20(14-16-7-5-4-6-8-16)18(21)13-19-24(22,23)17-11-9-15(2)10-12-17/h4-12,19H,3,13-14H2,1-2H3. The van der Waals surface area contributed by atoms with Gasteiger partial charge in [0.15, 0.2) is 0 Å². The maximum Gasteiger partial charge on any atom is 0.241 e. The average molecular weight is 346 g/mol. The van der Waals surface area contributed by atoms with E-state index < -0.39 is 10.0 Å². The Balaban J connectivity index is 1.99. The van der Waals surface area contributed by atoms with E-state index in [2.05, 4.69) is 4.72 Å². The van der Waals surface area contributed by atoms with Gasteiger partial charge >= 0.3 is 0 Å². The monoisotopic (exact) mass is 346 g/mol. The van der Waals surface area contributed by atoms with Gasteiger partial charge in [0.1, 0.15) is 0 Å². The lowest BCUT2D eigenvalue weighted by Crippen LogP contribution is -2.39. The van der Waals surface area contributed by atoms with Crippen LogP contribution in [0.25, 0.3) is 0 Å². The van der Waals surface area contributed by atoms with E-state index in [1.54, 1.807) is 17.0 Å². The predicted octanol–water partition coefficient (Wildman–Crippen LogP) is 2.32. The maximum absolute atomic E-state index is 12.3. The van der Waals surface area contributed by atoms with E-state index in [1.165, 1.54) is 12.1 Å². The lowest BCUT2D eigenvalue weighted by molar-refractivity contribution is -0.130. The van der Waals surface area contributed by atoms with Crippen LogP contribution in [-0.2, 0) is 21.4 Å². The fraction of sp³-hybridized carbons (Fsp3) is 0.278. The highest BCUT2D eigenvalue weighted by Gasteiger charge is 2.18. The van der Waals surface area contributed by atoms with Crippen LogP contribution >= 0.6 is 0 Å². The molecule has 0 heterocycles. The number of aryl methyl sites for hydroxylation is 1. The second-order valence-corrected chi connectivity index (χ2v) is 7.30. The van der Waals surface area contributed by atoms with Gasteiger partial charge in [0.2, 0.25) is 15.9 Å². The van der Waals surface area contributed by atoms with Gasteiger partial charge in [-0.3, -0.25) is 4.79 Å². The molecule has 1 amide bonds. The molecule has 0 fully saturated rings. The smallest absolute Gasteiger partial charge is 0.241 e. The number of carbonyl (C=O) groups is 1. The molecule has 0 unspecified atom stereocenters. The molecule has 2 aromatic carbocycles. The largest absolute Gasteiger partial charge is 0.338 e. The Kier molecular flexibility index (Phi) is 6.11. The van der Waals surface area contributed by atoms with Crippen LogP contribution in [0.1, 0.15) is 18.1 Å². The Morgan fingerprint density at radius 1 is 1.04 bits per heavy atom. The summed E-state index contributed by atoms with van der Waals surface area (Å²) in [7, 11) is -3.68.